The Bertz CT molecular complexity index is 767. The van der Waals surface area contributed by atoms with Crippen molar-refractivity contribution in [2.24, 2.45) is 0 Å². The van der Waals surface area contributed by atoms with E-state index in [0.717, 1.165) is 27.9 Å². The molecular weight excluding hydrogens is 310 g/mol. The molecule has 2 aromatic rings. The Labute approximate surface area is 140 Å². The van der Waals surface area contributed by atoms with E-state index in [0.29, 0.717) is 10.8 Å². The van der Waals surface area contributed by atoms with Gasteiger partial charge in [0.2, 0.25) is 0 Å². The van der Waals surface area contributed by atoms with Crippen molar-refractivity contribution in [2.75, 3.05) is 10.6 Å². The number of para-hydroxylation sites is 1. The Morgan fingerprint density at radius 3 is 2.13 bits per heavy atom. The van der Waals surface area contributed by atoms with Crippen molar-refractivity contribution >= 4 is 34.4 Å². The maximum atomic E-state index is 11.2. The van der Waals surface area contributed by atoms with Gasteiger partial charge in [0.1, 0.15) is 5.69 Å². The predicted octanol–water partition coefficient (Wildman–Crippen LogP) is 4.64. The molecule has 120 valence electrons. The lowest BCUT2D eigenvalue weighted by atomic mass is 10.1. The number of nitrogens with zero attached hydrogens (tertiary/aromatic N) is 1. The normalized spacial score (nSPS) is 10.3. The lowest BCUT2D eigenvalue weighted by Crippen LogP contribution is -2.21. The number of nitro groups is 1. The number of rotatable bonds is 3. The molecule has 0 amide bonds. The lowest BCUT2D eigenvalue weighted by Gasteiger charge is -2.15. The van der Waals surface area contributed by atoms with Crippen molar-refractivity contribution in [1.29, 1.82) is 0 Å². The predicted molar refractivity (Wildman–Crippen MR) is 98.3 cm³/mol. The fraction of sp³-hybridized carbons (Fsp3) is 0.235. The second kappa shape index (κ2) is 6.75. The summed E-state index contributed by atoms with van der Waals surface area (Å²) >= 11 is 5.31. The van der Waals surface area contributed by atoms with Gasteiger partial charge in [-0.25, -0.2) is 0 Å². The van der Waals surface area contributed by atoms with Crippen LogP contribution in [0.15, 0.2) is 30.3 Å². The second-order valence-corrected chi connectivity index (χ2v) is 5.96. The first-order valence-electron chi connectivity index (χ1n) is 7.19. The molecule has 0 aliphatic rings. The summed E-state index contributed by atoms with van der Waals surface area (Å²) in [6.45, 7) is 7.72. The van der Waals surface area contributed by atoms with Gasteiger partial charge in [0.25, 0.3) is 5.69 Å². The van der Waals surface area contributed by atoms with Crippen molar-refractivity contribution in [2.45, 2.75) is 27.7 Å². The zero-order chi connectivity index (χ0) is 17.1. The average Bonchev–Trinajstić information content (AvgIpc) is 2.46. The van der Waals surface area contributed by atoms with E-state index in [1.54, 1.807) is 12.1 Å². The van der Waals surface area contributed by atoms with Crippen LogP contribution in [0.3, 0.4) is 0 Å². The van der Waals surface area contributed by atoms with Crippen LogP contribution in [0, 0.1) is 37.8 Å². The molecule has 0 aliphatic heterocycles. The van der Waals surface area contributed by atoms with Crippen LogP contribution in [0.1, 0.15) is 22.3 Å². The molecule has 0 aliphatic carbocycles. The zero-order valence-electron chi connectivity index (χ0n) is 13.6. The van der Waals surface area contributed by atoms with E-state index in [4.69, 9.17) is 12.2 Å². The van der Waals surface area contributed by atoms with Gasteiger partial charge in [-0.2, -0.15) is 0 Å². The molecule has 0 saturated heterocycles. The fourth-order valence-corrected chi connectivity index (χ4v) is 2.54. The Balaban J connectivity index is 2.27. The SMILES string of the molecule is Cc1cc(NC(=S)Nc2c(C)cccc2C)c([N+](=O)[O-])cc1C. The summed E-state index contributed by atoms with van der Waals surface area (Å²) in [7, 11) is 0. The van der Waals surface area contributed by atoms with Crippen molar-refractivity contribution in [3.05, 3.63) is 62.7 Å². The van der Waals surface area contributed by atoms with Gasteiger partial charge in [-0.05, 0) is 68.2 Å². The highest BCUT2D eigenvalue weighted by atomic mass is 32.1. The van der Waals surface area contributed by atoms with Gasteiger partial charge in [0.15, 0.2) is 5.11 Å². The van der Waals surface area contributed by atoms with Crippen molar-refractivity contribution in [1.82, 2.24) is 0 Å². The molecule has 0 heterocycles. The number of benzene rings is 2. The minimum Gasteiger partial charge on any atom is -0.332 e. The first-order chi connectivity index (χ1) is 10.8. The van der Waals surface area contributed by atoms with E-state index in [9.17, 15) is 10.1 Å². The van der Waals surface area contributed by atoms with E-state index < -0.39 is 4.92 Å². The highest BCUT2D eigenvalue weighted by Gasteiger charge is 2.16. The lowest BCUT2D eigenvalue weighted by molar-refractivity contribution is -0.384. The molecule has 0 fully saturated rings. The monoisotopic (exact) mass is 329 g/mol. The number of anilines is 2. The van der Waals surface area contributed by atoms with Gasteiger partial charge in [0.05, 0.1) is 4.92 Å². The minimum absolute atomic E-state index is 0.0127. The summed E-state index contributed by atoms with van der Waals surface area (Å²) in [4.78, 5) is 10.8. The first kappa shape index (κ1) is 16.9. The van der Waals surface area contributed by atoms with Gasteiger partial charge < -0.3 is 10.6 Å². The Morgan fingerprint density at radius 1 is 1.00 bits per heavy atom. The summed E-state index contributed by atoms with van der Waals surface area (Å²) < 4.78 is 0. The Morgan fingerprint density at radius 2 is 1.57 bits per heavy atom. The molecule has 0 atom stereocenters. The summed E-state index contributed by atoms with van der Waals surface area (Å²) in [5.41, 5.74) is 5.27. The number of hydrogen-bond acceptors (Lipinski definition) is 3. The third kappa shape index (κ3) is 3.84. The highest BCUT2D eigenvalue weighted by Crippen LogP contribution is 2.28. The molecule has 6 heteroatoms. The van der Waals surface area contributed by atoms with Crippen molar-refractivity contribution in [3.8, 4) is 0 Å². The van der Waals surface area contributed by atoms with Crippen molar-refractivity contribution < 1.29 is 4.92 Å². The average molecular weight is 329 g/mol. The van der Waals surface area contributed by atoms with Crippen LogP contribution in [0.25, 0.3) is 0 Å². The van der Waals surface area contributed by atoms with Gasteiger partial charge in [-0.15, -0.1) is 0 Å². The minimum atomic E-state index is -0.406. The molecule has 0 bridgehead atoms. The van der Waals surface area contributed by atoms with E-state index in [1.165, 1.54) is 0 Å². The van der Waals surface area contributed by atoms with E-state index in [1.807, 2.05) is 45.9 Å². The summed E-state index contributed by atoms with van der Waals surface area (Å²) in [5.74, 6) is 0. The van der Waals surface area contributed by atoms with Gasteiger partial charge in [0, 0.05) is 11.8 Å². The number of thiocarbonyl (C=S) groups is 1. The quantitative estimate of drug-likeness (QED) is 0.488. The molecule has 0 unspecified atom stereocenters. The van der Waals surface area contributed by atoms with Gasteiger partial charge in [-0.3, -0.25) is 10.1 Å². The van der Waals surface area contributed by atoms with Crippen LogP contribution in [-0.4, -0.2) is 10.0 Å². The molecule has 23 heavy (non-hydrogen) atoms. The first-order valence-corrected chi connectivity index (χ1v) is 7.60. The topological polar surface area (TPSA) is 67.2 Å². The molecule has 2 N–H and O–H groups in total. The van der Waals surface area contributed by atoms with Crippen LogP contribution in [0.5, 0.6) is 0 Å². The number of hydrogen-bond donors (Lipinski definition) is 2. The molecule has 2 aromatic carbocycles. The van der Waals surface area contributed by atoms with Gasteiger partial charge >= 0.3 is 0 Å². The number of nitro benzene ring substituents is 1. The molecule has 0 aromatic heterocycles. The largest absolute Gasteiger partial charge is 0.332 e. The number of aryl methyl sites for hydroxylation is 4. The van der Waals surface area contributed by atoms with Crippen LogP contribution in [0.4, 0.5) is 17.1 Å². The molecule has 0 radical (unpaired) electrons. The van der Waals surface area contributed by atoms with Gasteiger partial charge in [-0.1, -0.05) is 18.2 Å². The highest BCUT2D eigenvalue weighted by molar-refractivity contribution is 7.80. The third-order valence-electron chi connectivity index (χ3n) is 3.78. The van der Waals surface area contributed by atoms with Crippen LogP contribution < -0.4 is 10.6 Å². The smallest absolute Gasteiger partial charge is 0.293 e. The van der Waals surface area contributed by atoms with E-state index in [-0.39, 0.29) is 5.69 Å². The van der Waals surface area contributed by atoms with E-state index in [2.05, 4.69) is 10.6 Å². The maximum absolute atomic E-state index is 11.2. The second-order valence-electron chi connectivity index (χ2n) is 5.56. The van der Waals surface area contributed by atoms with E-state index >= 15 is 0 Å². The van der Waals surface area contributed by atoms with Crippen LogP contribution in [-0.2, 0) is 0 Å². The third-order valence-corrected chi connectivity index (χ3v) is 3.98. The zero-order valence-corrected chi connectivity index (χ0v) is 14.4. The Hall–Kier alpha value is -2.47. The Kier molecular flexibility index (Phi) is 4.95. The molecule has 5 nitrogen and oxygen atoms in total. The molecule has 0 saturated carbocycles. The number of nitrogens with one attached hydrogen (secondary N) is 2. The molecule has 0 spiro atoms. The fourth-order valence-electron chi connectivity index (χ4n) is 2.33. The van der Waals surface area contributed by atoms with Crippen LogP contribution >= 0.6 is 12.2 Å². The standard InChI is InChI=1S/C17H19N3O2S/c1-10-6-5-7-11(2)16(10)19-17(23)18-14-8-12(3)13(4)9-15(14)20(21)22/h5-9H,1-4H3,(H2,18,19,23). The molecule has 2 rings (SSSR count). The molecular formula is C17H19N3O2S. The summed E-state index contributed by atoms with van der Waals surface area (Å²) in [6.07, 6.45) is 0. The van der Waals surface area contributed by atoms with Crippen molar-refractivity contribution in [3.63, 3.8) is 0 Å². The summed E-state index contributed by atoms with van der Waals surface area (Å²) in [5, 5.41) is 17.6. The maximum Gasteiger partial charge on any atom is 0.293 e. The van der Waals surface area contributed by atoms with Crippen LogP contribution in [0.2, 0.25) is 0 Å². The summed E-state index contributed by atoms with van der Waals surface area (Å²) in [6, 6.07) is 9.23.